The Balaban J connectivity index is 1.70. The van der Waals surface area contributed by atoms with Gasteiger partial charge in [-0.2, -0.15) is 0 Å². The maximum atomic E-state index is 13.1. The number of carbonyl (C=O) groups excluding carboxylic acids is 1. The number of hydrogen-bond donors (Lipinski definition) is 0. The molecule has 0 saturated carbocycles. The molecule has 0 bridgehead atoms. The van der Waals surface area contributed by atoms with Crippen LogP contribution >= 0.6 is 11.8 Å². The van der Waals surface area contributed by atoms with E-state index < -0.39 is 0 Å². The van der Waals surface area contributed by atoms with Crippen LogP contribution in [0, 0.1) is 5.82 Å². The Morgan fingerprint density at radius 2 is 1.82 bits per heavy atom. The highest BCUT2D eigenvalue weighted by Crippen LogP contribution is 2.27. The Morgan fingerprint density at radius 1 is 1.14 bits per heavy atom. The number of hydrogen-bond acceptors (Lipinski definition) is 4. The fourth-order valence-corrected chi connectivity index (χ4v) is 3.78. The molecule has 0 aliphatic rings. The zero-order chi connectivity index (χ0) is 20.1. The molecule has 146 valence electrons. The van der Waals surface area contributed by atoms with Gasteiger partial charge in [-0.1, -0.05) is 42.1 Å². The van der Waals surface area contributed by atoms with Gasteiger partial charge in [0.05, 0.1) is 5.25 Å². The molecule has 1 heterocycles. The summed E-state index contributed by atoms with van der Waals surface area (Å²) >= 11 is 1.38. The fourth-order valence-electron chi connectivity index (χ4n) is 2.88. The van der Waals surface area contributed by atoms with Crippen LogP contribution in [-0.4, -0.2) is 37.4 Å². The minimum atomic E-state index is -0.298. The molecule has 0 fully saturated rings. The van der Waals surface area contributed by atoms with Gasteiger partial charge in [0.25, 0.3) is 0 Å². The van der Waals surface area contributed by atoms with Crippen LogP contribution in [0.15, 0.2) is 59.8 Å². The topological polar surface area (TPSA) is 51.0 Å². The second-order valence-corrected chi connectivity index (χ2v) is 7.78. The summed E-state index contributed by atoms with van der Waals surface area (Å²) in [5, 5.41) is 8.77. The van der Waals surface area contributed by atoms with Crippen LogP contribution in [0.2, 0.25) is 0 Å². The highest BCUT2D eigenvalue weighted by atomic mass is 32.2. The maximum Gasteiger partial charge on any atom is 0.236 e. The first kappa shape index (κ1) is 20.1. The van der Waals surface area contributed by atoms with Gasteiger partial charge in [0.15, 0.2) is 11.0 Å². The van der Waals surface area contributed by atoms with E-state index in [2.05, 4.69) is 10.2 Å². The lowest BCUT2D eigenvalue weighted by Gasteiger charge is -2.24. The molecule has 1 unspecified atom stereocenters. The molecular weight excluding hydrogens is 375 g/mol. The number of nitrogens with zero attached hydrogens (tertiary/aromatic N) is 4. The highest BCUT2D eigenvalue weighted by Gasteiger charge is 2.23. The van der Waals surface area contributed by atoms with Crippen molar-refractivity contribution in [3.8, 4) is 11.4 Å². The van der Waals surface area contributed by atoms with Gasteiger partial charge in [0.1, 0.15) is 5.82 Å². The van der Waals surface area contributed by atoms with E-state index >= 15 is 0 Å². The van der Waals surface area contributed by atoms with Crippen molar-refractivity contribution in [2.45, 2.75) is 30.8 Å². The normalized spacial score (nSPS) is 12.0. The molecule has 0 aliphatic carbocycles. The van der Waals surface area contributed by atoms with Crippen LogP contribution in [-0.2, 0) is 18.4 Å². The van der Waals surface area contributed by atoms with Crippen LogP contribution in [0.3, 0.4) is 0 Å². The summed E-state index contributed by atoms with van der Waals surface area (Å²) < 4.78 is 15.0. The summed E-state index contributed by atoms with van der Waals surface area (Å²) in [6.07, 6.45) is 0. The van der Waals surface area contributed by atoms with Crippen molar-refractivity contribution >= 4 is 17.7 Å². The van der Waals surface area contributed by atoms with E-state index in [9.17, 15) is 9.18 Å². The SMILES string of the molecule is CCN(Cc1ccccc1)C(=O)C(C)Sc1nnc(-c2ccc(F)cc2)n1C. The van der Waals surface area contributed by atoms with Crippen molar-refractivity contribution in [1.29, 1.82) is 0 Å². The van der Waals surface area contributed by atoms with E-state index in [4.69, 9.17) is 0 Å². The van der Waals surface area contributed by atoms with Crippen LogP contribution in [0.25, 0.3) is 11.4 Å². The van der Waals surface area contributed by atoms with Crippen molar-refractivity contribution in [1.82, 2.24) is 19.7 Å². The van der Waals surface area contributed by atoms with Crippen LogP contribution in [0.5, 0.6) is 0 Å². The van der Waals surface area contributed by atoms with Gasteiger partial charge in [0.2, 0.25) is 5.91 Å². The van der Waals surface area contributed by atoms with Crippen molar-refractivity contribution in [3.05, 3.63) is 66.0 Å². The molecule has 3 rings (SSSR count). The maximum absolute atomic E-state index is 13.1. The average Bonchev–Trinajstić information content (AvgIpc) is 3.07. The third-order valence-electron chi connectivity index (χ3n) is 4.48. The quantitative estimate of drug-likeness (QED) is 0.561. The number of amides is 1. The Morgan fingerprint density at radius 3 is 2.46 bits per heavy atom. The summed E-state index contributed by atoms with van der Waals surface area (Å²) in [4.78, 5) is 14.8. The molecule has 1 aromatic heterocycles. The average molecular weight is 399 g/mol. The van der Waals surface area contributed by atoms with Gasteiger partial charge in [-0.25, -0.2) is 4.39 Å². The first-order valence-electron chi connectivity index (χ1n) is 9.14. The van der Waals surface area contributed by atoms with E-state index in [0.29, 0.717) is 24.1 Å². The standard InChI is InChI=1S/C21H23FN4OS/c1-4-26(14-16-8-6-5-7-9-16)20(27)15(2)28-21-24-23-19(25(21)3)17-10-12-18(22)13-11-17/h5-13,15H,4,14H2,1-3H3. The molecule has 28 heavy (non-hydrogen) atoms. The number of rotatable bonds is 7. The lowest BCUT2D eigenvalue weighted by atomic mass is 10.2. The minimum Gasteiger partial charge on any atom is -0.338 e. The summed E-state index contributed by atoms with van der Waals surface area (Å²) in [7, 11) is 1.85. The molecule has 7 heteroatoms. The third kappa shape index (κ3) is 4.59. The fraction of sp³-hybridized carbons (Fsp3) is 0.286. The number of thioether (sulfide) groups is 1. The van der Waals surface area contributed by atoms with E-state index in [0.717, 1.165) is 11.1 Å². The predicted octanol–water partition coefficient (Wildman–Crippen LogP) is 4.15. The monoisotopic (exact) mass is 398 g/mol. The first-order chi connectivity index (χ1) is 13.5. The zero-order valence-corrected chi connectivity index (χ0v) is 17.0. The molecule has 0 radical (unpaired) electrons. The van der Waals surface area contributed by atoms with Crippen molar-refractivity contribution in [2.75, 3.05) is 6.54 Å². The second kappa shape index (κ2) is 9.01. The smallest absolute Gasteiger partial charge is 0.236 e. The molecule has 0 saturated heterocycles. The Bertz CT molecular complexity index is 927. The van der Waals surface area contributed by atoms with Crippen LogP contribution < -0.4 is 0 Å². The molecule has 0 N–H and O–H groups in total. The van der Waals surface area contributed by atoms with Gasteiger partial charge >= 0.3 is 0 Å². The van der Waals surface area contributed by atoms with Crippen molar-refractivity contribution < 1.29 is 9.18 Å². The molecule has 1 atom stereocenters. The van der Waals surface area contributed by atoms with Gasteiger partial charge in [-0.3, -0.25) is 4.79 Å². The number of carbonyl (C=O) groups is 1. The van der Waals surface area contributed by atoms with E-state index in [-0.39, 0.29) is 17.0 Å². The van der Waals surface area contributed by atoms with E-state index in [1.807, 2.05) is 60.7 Å². The van der Waals surface area contributed by atoms with E-state index in [1.54, 1.807) is 12.1 Å². The van der Waals surface area contributed by atoms with Gasteiger partial charge in [0, 0.05) is 25.7 Å². The largest absolute Gasteiger partial charge is 0.338 e. The first-order valence-corrected chi connectivity index (χ1v) is 10.0. The van der Waals surface area contributed by atoms with Gasteiger partial charge < -0.3 is 9.47 Å². The lowest BCUT2D eigenvalue weighted by Crippen LogP contribution is -2.36. The zero-order valence-electron chi connectivity index (χ0n) is 16.2. The van der Waals surface area contributed by atoms with Gasteiger partial charge in [-0.05, 0) is 43.7 Å². The molecule has 0 aliphatic heterocycles. The molecule has 1 amide bonds. The lowest BCUT2D eigenvalue weighted by molar-refractivity contribution is -0.130. The van der Waals surface area contributed by atoms with Crippen LogP contribution in [0.1, 0.15) is 19.4 Å². The number of benzene rings is 2. The number of halogens is 1. The summed E-state index contributed by atoms with van der Waals surface area (Å²) in [6.45, 7) is 5.08. The Hall–Kier alpha value is -2.67. The number of aromatic nitrogens is 3. The molecule has 0 spiro atoms. The Kier molecular flexibility index (Phi) is 6.46. The summed E-state index contributed by atoms with van der Waals surface area (Å²) in [5.74, 6) is 0.402. The van der Waals surface area contributed by atoms with Crippen LogP contribution in [0.4, 0.5) is 4.39 Å². The molecule has 3 aromatic rings. The minimum absolute atomic E-state index is 0.0580. The third-order valence-corrected chi connectivity index (χ3v) is 5.60. The second-order valence-electron chi connectivity index (χ2n) is 6.47. The van der Waals surface area contributed by atoms with Crippen molar-refractivity contribution in [2.24, 2.45) is 7.05 Å². The van der Waals surface area contributed by atoms with Crippen molar-refractivity contribution in [3.63, 3.8) is 0 Å². The summed E-state index contributed by atoms with van der Waals surface area (Å²) in [5.41, 5.74) is 1.88. The predicted molar refractivity (Wildman–Crippen MR) is 109 cm³/mol. The highest BCUT2D eigenvalue weighted by molar-refractivity contribution is 8.00. The Labute approximate surface area is 168 Å². The molecule has 2 aromatic carbocycles. The van der Waals surface area contributed by atoms with Gasteiger partial charge in [-0.15, -0.1) is 10.2 Å². The summed E-state index contributed by atoms with van der Waals surface area (Å²) in [6, 6.07) is 16.1. The molecule has 5 nitrogen and oxygen atoms in total. The molecular formula is C21H23FN4OS. The van der Waals surface area contributed by atoms with E-state index in [1.165, 1.54) is 23.9 Å².